The van der Waals surface area contributed by atoms with Gasteiger partial charge in [-0.2, -0.15) is 5.10 Å². The topological polar surface area (TPSA) is 79.2 Å². The van der Waals surface area contributed by atoms with Gasteiger partial charge < -0.3 is 5.32 Å². The van der Waals surface area contributed by atoms with E-state index in [1.165, 1.54) is 5.56 Å². The van der Waals surface area contributed by atoms with E-state index in [0.717, 1.165) is 62.8 Å². The van der Waals surface area contributed by atoms with E-state index in [0.29, 0.717) is 12.5 Å². The van der Waals surface area contributed by atoms with E-state index in [4.69, 9.17) is 0 Å². The molecule has 4 rings (SSSR count). The number of benzene rings is 1. The first-order valence-electron chi connectivity index (χ1n) is 11.7. The van der Waals surface area contributed by atoms with Crippen LogP contribution in [-0.2, 0) is 24.3 Å². The minimum Gasteiger partial charge on any atom is -0.322 e. The second-order valence-electron chi connectivity index (χ2n) is 8.75. The van der Waals surface area contributed by atoms with Crippen molar-refractivity contribution in [2.24, 2.45) is 5.92 Å². The SMILES string of the molecule is CCn1cc(NC(=O)CN2CCN(Cc3ccccc3)CC(Cc3cnccn3)C2)c(C)n1. The summed E-state index contributed by atoms with van der Waals surface area (Å²) in [6.07, 6.45) is 8.04. The third kappa shape index (κ3) is 6.69. The Kier molecular flexibility index (Phi) is 7.80. The van der Waals surface area contributed by atoms with E-state index in [-0.39, 0.29) is 5.91 Å². The molecule has 0 aliphatic carbocycles. The number of amides is 1. The second kappa shape index (κ2) is 11.2. The van der Waals surface area contributed by atoms with E-state index < -0.39 is 0 Å². The van der Waals surface area contributed by atoms with Crippen LogP contribution in [-0.4, -0.2) is 68.2 Å². The van der Waals surface area contributed by atoms with Gasteiger partial charge in [0.2, 0.25) is 5.91 Å². The third-order valence-corrected chi connectivity index (χ3v) is 6.04. The second-order valence-corrected chi connectivity index (χ2v) is 8.75. The molecule has 2 aromatic heterocycles. The Bertz CT molecular complexity index is 1020. The molecule has 1 atom stereocenters. The van der Waals surface area contributed by atoms with Crippen LogP contribution in [0.3, 0.4) is 0 Å². The molecule has 1 aliphatic heterocycles. The number of aryl methyl sites for hydroxylation is 2. The molecule has 8 nitrogen and oxygen atoms in total. The first-order chi connectivity index (χ1) is 16.1. The van der Waals surface area contributed by atoms with Gasteiger partial charge in [-0.05, 0) is 31.7 Å². The van der Waals surface area contributed by atoms with Crippen molar-refractivity contribution in [3.63, 3.8) is 0 Å². The Morgan fingerprint density at radius 1 is 1.12 bits per heavy atom. The van der Waals surface area contributed by atoms with Crippen LogP contribution in [0.15, 0.2) is 55.1 Å². The average Bonchev–Trinajstić information content (AvgIpc) is 3.06. The van der Waals surface area contributed by atoms with Crippen molar-refractivity contribution < 1.29 is 4.79 Å². The molecule has 33 heavy (non-hydrogen) atoms. The van der Waals surface area contributed by atoms with Gasteiger partial charge in [0.1, 0.15) is 0 Å². The molecule has 1 amide bonds. The number of nitrogens with zero attached hydrogens (tertiary/aromatic N) is 6. The lowest BCUT2D eigenvalue weighted by molar-refractivity contribution is -0.117. The Balaban J connectivity index is 1.42. The van der Waals surface area contributed by atoms with E-state index in [2.05, 4.69) is 60.5 Å². The molecule has 0 radical (unpaired) electrons. The molecule has 1 unspecified atom stereocenters. The molecule has 1 aliphatic rings. The number of carbonyl (C=O) groups excluding carboxylic acids is 1. The molecule has 0 saturated carbocycles. The molecule has 0 bridgehead atoms. The summed E-state index contributed by atoms with van der Waals surface area (Å²) >= 11 is 0. The van der Waals surface area contributed by atoms with Crippen molar-refractivity contribution in [1.29, 1.82) is 0 Å². The summed E-state index contributed by atoms with van der Waals surface area (Å²) in [5.74, 6) is 0.369. The summed E-state index contributed by atoms with van der Waals surface area (Å²) < 4.78 is 1.84. The van der Waals surface area contributed by atoms with Crippen molar-refractivity contribution in [2.45, 2.75) is 33.4 Å². The fraction of sp³-hybridized carbons (Fsp3) is 0.440. The van der Waals surface area contributed by atoms with Gasteiger partial charge in [-0.3, -0.25) is 29.2 Å². The van der Waals surface area contributed by atoms with Crippen molar-refractivity contribution in [1.82, 2.24) is 29.5 Å². The number of nitrogens with one attached hydrogen (secondary N) is 1. The standard InChI is InChI=1S/C25H33N7O/c1-3-32-18-24(20(2)29-32)28-25(33)19-31-12-11-30(15-21-7-5-4-6-8-21)16-22(17-31)13-23-14-26-9-10-27-23/h4-10,14,18,22H,3,11-13,15-17,19H2,1-2H3,(H,28,33). The van der Waals surface area contributed by atoms with Crippen molar-refractivity contribution in [3.05, 3.63) is 72.1 Å². The van der Waals surface area contributed by atoms with Gasteiger partial charge >= 0.3 is 0 Å². The zero-order valence-corrected chi connectivity index (χ0v) is 19.5. The lowest BCUT2D eigenvalue weighted by atomic mass is 10.0. The molecule has 174 valence electrons. The normalized spacial score (nSPS) is 17.6. The summed E-state index contributed by atoms with van der Waals surface area (Å²) in [6, 6.07) is 10.6. The third-order valence-electron chi connectivity index (χ3n) is 6.04. The number of carbonyl (C=O) groups is 1. The lowest BCUT2D eigenvalue weighted by Gasteiger charge is -2.24. The maximum atomic E-state index is 12.9. The zero-order chi connectivity index (χ0) is 23.0. The van der Waals surface area contributed by atoms with E-state index in [9.17, 15) is 4.79 Å². The minimum atomic E-state index is 0.00325. The van der Waals surface area contributed by atoms with Crippen molar-refractivity contribution in [2.75, 3.05) is 38.0 Å². The monoisotopic (exact) mass is 447 g/mol. The Morgan fingerprint density at radius 2 is 1.91 bits per heavy atom. The van der Waals surface area contributed by atoms with Gasteiger partial charge in [0.15, 0.2) is 0 Å². The highest BCUT2D eigenvalue weighted by Crippen LogP contribution is 2.17. The fourth-order valence-electron chi connectivity index (χ4n) is 4.44. The van der Waals surface area contributed by atoms with Crippen LogP contribution in [0.5, 0.6) is 0 Å². The minimum absolute atomic E-state index is 0.00325. The number of rotatable bonds is 8. The molecule has 3 aromatic rings. The van der Waals surface area contributed by atoms with E-state index in [1.807, 2.05) is 30.9 Å². The Hall–Kier alpha value is -3.10. The van der Waals surface area contributed by atoms with Gasteiger partial charge in [-0.25, -0.2) is 0 Å². The van der Waals surface area contributed by atoms with Gasteiger partial charge in [0.25, 0.3) is 0 Å². The predicted molar refractivity (Wildman–Crippen MR) is 129 cm³/mol. The number of hydrogen-bond acceptors (Lipinski definition) is 6. The first-order valence-corrected chi connectivity index (χ1v) is 11.7. The molecular formula is C25H33N7O. The summed E-state index contributed by atoms with van der Waals surface area (Å²) in [7, 11) is 0. The first kappa shape index (κ1) is 23.1. The molecule has 0 spiro atoms. The zero-order valence-electron chi connectivity index (χ0n) is 19.5. The largest absolute Gasteiger partial charge is 0.322 e. The van der Waals surface area contributed by atoms with Gasteiger partial charge in [0.05, 0.1) is 23.6 Å². The molecule has 3 heterocycles. The smallest absolute Gasteiger partial charge is 0.238 e. The summed E-state index contributed by atoms with van der Waals surface area (Å²) in [4.78, 5) is 26.3. The molecule has 1 aromatic carbocycles. The predicted octanol–water partition coefficient (Wildman–Crippen LogP) is 2.62. The maximum absolute atomic E-state index is 12.9. The maximum Gasteiger partial charge on any atom is 0.238 e. The number of anilines is 1. The molecule has 1 fully saturated rings. The van der Waals surface area contributed by atoms with Crippen LogP contribution >= 0.6 is 0 Å². The highest BCUT2D eigenvalue weighted by atomic mass is 16.2. The molecule has 1 saturated heterocycles. The van der Waals surface area contributed by atoms with Crippen LogP contribution in [0.1, 0.15) is 23.9 Å². The average molecular weight is 448 g/mol. The quantitative estimate of drug-likeness (QED) is 0.572. The number of aromatic nitrogens is 4. The lowest BCUT2D eigenvalue weighted by Crippen LogP contribution is -2.37. The summed E-state index contributed by atoms with van der Waals surface area (Å²) in [6.45, 7) is 9.61. The Morgan fingerprint density at radius 3 is 2.64 bits per heavy atom. The van der Waals surface area contributed by atoms with E-state index in [1.54, 1.807) is 12.4 Å². The van der Waals surface area contributed by atoms with Crippen molar-refractivity contribution >= 4 is 11.6 Å². The fourth-order valence-corrected chi connectivity index (χ4v) is 4.44. The van der Waals surface area contributed by atoms with Crippen LogP contribution in [0, 0.1) is 12.8 Å². The highest BCUT2D eigenvalue weighted by molar-refractivity contribution is 5.92. The summed E-state index contributed by atoms with van der Waals surface area (Å²) in [5.41, 5.74) is 3.94. The van der Waals surface area contributed by atoms with Crippen molar-refractivity contribution in [3.8, 4) is 0 Å². The highest BCUT2D eigenvalue weighted by Gasteiger charge is 2.25. The van der Waals surface area contributed by atoms with E-state index >= 15 is 0 Å². The van der Waals surface area contributed by atoms with Crippen LogP contribution in [0.25, 0.3) is 0 Å². The number of hydrogen-bond donors (Lipinski definition) is 1. The van der Waals surface area contributed by atoms with Crippen LogP contribution in [0.2, 0.25) is 0 Å². The van der Waals surface area contributed by atoms with Crippen LogP contribution in [0.4, 0.5) is 5.69 Å². The summed E-state index contributed by atoms with van der Waals surface area (Å²) in [5, 5.41) is 7.47. The van der Waals surface area contributed by atoms with Gasteiger partial charge in [0, 0.05) is 64.1 Å². The molecule has 1 N–H and O–H groups in total. The van der Waals surface area contributed by atoms with Crippen LogP contribution < -0.4 is 5.32 Å². The van der Waals surface area contributed by atoms with Gasteiger partial charge in [-0.1, -0.05) is 30.3 Å². The molecular weight excluding hydrogens is 414 g/mol. The molecule has 8 heteroatoms. The van der Waals surface area contributed by atoms with Gasteiger partial charge in [-0.15, -0.1) is 0 Å². The Labute approximate surface area is 195 Å².